The fourth-order valence-electron chi connectivity index (χ4n) is 7.83. The molecule has 0 aromatic heterocycles. The van der Waals surface area contributed by atoms with E-state index in [1.54, 1.807) is 26.5 Å². The van der Waals surface area contributed by atoms with Crippen molar-refractivity contribution in [3.8, 4) is 28.4 Å². The van der Waals surface area contributed by atoms with Gasteiger partial charge in [0.25, 0.3) is 5.91 Å². The number of fused-ring (bicyclic) bond motifs is 6. The molecule has 1 N–H and O–H groups in total. The van der Waals surface area contributed by atoms with Crippen molar-refractivity contribution in [1.82, 2.24) is 5.32 Å². The summed E-state index contributed by atoms with van der Waals surface area (Å²) in [5, 5.41) is 2.84. The van der Waals surface area contributed by atoms with Crippen LogP contribution in [0.2, 0.25) is 0 Å². The molecule has 3 aliphatic heterocycles. The maximum absolute atomic E-state index is 14.3. The molecule has 2 unspecified atom stereocenters. The van der Waals surface area contributed by atoms with Crippen molar-refractivity contribution in [1.29, 1.82) is 0 Å². The summed E-state index contributed by atoms with van der Waals surface area (Å²) < 4.78 is 51.9. The van der Waals surface area contributed by atoms with Gasteiger partial charge in [-0.05, 0) is 47.4 Å². The summed E-state index contributed by atoms with van der Waals surface area (Å²) in [6.07, 6.45) is 10.1. The lowest BCUT2D eigenvalue weighted by Gasteiger charge is -2.38. The number of anilines is 1. The van der Waals surface area contributed by atoms with E-state index >= 15 is 0 Å². The van der Waals surface area contributed by atoms with E-state index in [0.717, 1.165) is 27.9 Å². The first-order valence-electron chi connectivity index (χ1n) is 21.3. The first-order chi connectivity index (χ1) is 31.0. The minimum atomic E-state index is -1.16. The van der Waals surface area contributed by atoms with Crippen LogP contribution in [-0.2, 0) is 50.9 Å². The van der Waals surface area contributed by atoms with E-state index < -0.39 is 5.54 Å². The van der Waals surface area contributed by atoms with E-state index in [1.165, 1.54) is 0 Å². The first-order valence-corrected chi connectivity index (χ1v) is 21.9. The Bertz CT molecular complexity index is 2160. The summed E-state index contributed by atoms with van der Waals surface area (Å²) in [5.41, 5.74) is 4.44. The van der Waals surface area contributed by atoms with Gasteiger partial charge in [-0.25, -0.2) is 0 Å². The summed E-state index contributed by atoms with van der Waals surface area (Å²) in [6, 6.07) is 17.3. The van der Waals surface area contributed by atoms with Crippen LogP contribution in [-0.4, -0.2) is 135 Å². The molecule has 3 atom stereocenters. The van der Waals surface area contributed by atoms with Gasteiger partial charge < -0.3 is 52.8 Å². The molecule has 336 valence electrons. The number of rotatable bonds is 25. The number of carbonyl (C=O) groups is 2. The Balaban J connectivity index is 0.881. The van der Waals surface area contributed by atoms with Gasteiger partial charge in [0.15, 0.2) is 28.6 Å². The number of ether oxygens (including phenoxy) is 9. The Morgan fingerprint density at radius 1 is 0.762 bits per heavy atom. The maximum Gasteiger partial charge on any atom is 0.259 e. The van der Waals surface area contributed by atoms with Crippen molar-refractivity contribution in [2.45, 2.75) is 43.3 Å². The molecule has 0 saturated carbocycles. The highest BCUT2D eigenvalue weighted by Crippen LogP contribution is 2.44. The third kappa shape index (κ3) is 11.4. The minimum absolute atomic E-state index is 0.131. The quantitative estimate of drug-likeness (QED) is 0.0630. The van der Waals surface area contributed by atoms with E-state index in [1.807, 2.05) is 65.7 Å². The molecule has 0 saturated heterocycles. The highest BCUT2D eigenvalue weighted by atomic mass is 32.1. The molecule has 63 heavy (non-hydrogen) atoms. The Morgan fingerprint density at radius 3 is 2.25 bits per heavy atom. The van der Waals surface area contributed by atoms with Crippen molar-refractivity contribution < 1.29 is 52.2 Å². The molecular formula is C47H56N4O11S. The molecule has 0 radical (unpaired) electrons. The van der Waals surface area contributed by atoms with Gasteiger partial charge in [-0.1, -0.05) is 30.3 Å². The van der Waals surface area contributed by atoms with Gasteiger partial charge in [-0.2, -0.15) is 12.6 Å². The predicted molar refractivity (Wildman–Crippen MR) is 242 cm³/mol. The Labute approximate surface area is 373 Å². The number of amides is 2. The van der Waals surface area contributed by atoms with Gasteiger partial charge in [0.2, 0.25) is 6.41 Å². The number of hydrogen-bond acceptors (Lipinski definition) is 14. The van der Waals surface area contributed by atoms with Gasteiger partial charge in [0.05, 0.1) is 104 Å². The molecule has 16 heteroatoms. The highest BCUT2D eigenvalue weighted by Gasteiger charge is 2.49. The smallest absolute Gasteiger partial charge is 0.259 e. The van der Waals surface area contributed by atoms with Crippen LogP contribution in [0.15, 0.2) is 88.3 Å². The summed E-state index contributed by atoms with van der Waals surface area (Å²) in [4.78, 5) is 37.0. The minimum Gasteiger partial charge on any atom is -0.493 e. The van der Waals surface area contributed by atoms with E-state index in [2.05, 4.69) is 24.0 Å². The van der Waals surface area contributed by atoms with E-state index in [-0.39, 0.29) is 18.0 Å². The van der Waals surface area contributed by atoms with Gasteiger partial charge in [-0.3, -0.25) is 19.6 Å². The fourth-order valence-corrected chi connectivity index (χ4v) is 7.96. The molecule has 0 bridgehead atoms. The Kier molecular flexibility index (Phi) is 16.5. The Morgan fingerprint density at radius 2 is 1.51 bits per heavy atom. The van der Waals surface area contributed by atoms with Crippen molar-refractivity contribution in [3.05, 3.63) is 89.4 Å². The number of aliphatic imine (C=N–C) groups is 2. The molecule has 4 aliphatic rings. The van der Waals surface area contributed by atoms with E-state index in [4.69, 9.17) is 52.6 Å². The maximum atomic E-state index is 14.3. The summed E-state index contributed by atoms with van der Waals surface area (Å²) in [5.74, 6) is 3.33. The molecule has 0 fully saturated rings. The molecule has 3 heterocycles. The third-order valence-corrected chi connectivity index (χ3v) is 11.1. The lowest BCUT2D eigenvalue weighted by Crippen LogP contribution is -2.55. The standard InChI is InChI=1S/C47H56N4O11S/c1-54-43-27-39-38-7-4-3-6-33(38)24-35(49-32-52)30-48-40(39)28-44(43)62-13-5-12-61-42-10-11-47(29-45(42)55-2)46(53)51-36(31-50-47)25-34-8-9-37(26-41(34)51)60-21-20-58-17-16-56-14-15-57-18-19-59-22-23-63/h3-4,6-10,26-32,35-36,63H,5,11-25H2,1-2H3,(H,49,52)/t35?,36-,47?/m0/s1. The molecule has 3 aromatic carbocycles. The summed E-state index contributed by atoms with van der Waals surface area (Å²) in [7, 11) is 3.17. The van der Waals surface area contributed by atoms with Gasteiger partial charge >= 0.3 is 0 Å². The average Bonchev–Trinajstić information content (AvgIpc) is 3.68. The molecule has 7 rings (SSSR count). The predicted octanol–water partition coefficient (Wildman–Crippen LogP) is 5.49. The zero-order valence-electron chi connectivity index (χ0n) is 35.8. The Hall–Kier alpha value is -5.39. The van der Waals surface area contributed by atoms with Gasteiger partial charge in [0.1, 0.15) is 12.4 Å². The fraction of sp³-hybridized carbons (Fsp3) is 0.447. The van der Waals surface area contributed by atoms with Crippen LogP contribution in [0.25, 0.3) is 11.1 Å². The zero-order chi connectivity index (χ0) is 43.9. The molecule has 1 aliphatic carbocycles. The SMILES string of the molecule is COC1=CC2(CC=C1OCCCOc1cc3c(cc1OC)-c1ccccc1CC(NC=O)C=N3)N=C[C@@H]1Cc3ccc(OCCOCCOCCOCCOCCS)cc3N1C2=O. The van der Waals surface area contributed by atoms with Crippen molar-refractivity contribution in [2.24, 2.45) is 9.98 Å². The second-order valence-electron chi connectivity index (χ2n) is 15.0. The topological polar surface area (TPSA) is 157 Å². The van der Waals surface area contributed by atoms with Crippen molar-refractivity contribution >= 4 is 48.8 Å². The number of nitrogens with zero attached hydrogens (tertiary/aromatic N) is 3. The number of carbonyl (C=O) groups excluding carboxylic acids is 2. The highest BCUT2D eigenvalue weighted by molar-refractivity contribution is 7.80. The number of methoxy groups -OCH3 is 2. The van der Waals surface area contributed by atoms with Crippen LogP contribution in [0.3, 0.4) is 0 Å². The van der Waals surface area contributed by atoms with Crippen LogP contribution in [0.5, 0.6) is 17.2 Å². The molecule has 2 amide bonds. The second kappa shape index (κ2) is 22.8. The largest absolute Gasteiger partial charge is 0.493 e. The van der Waals surface area contributed by atoms with E-state index in [0.29, 0.717) is 145 Å². The van der Waals surface area contributed by atoms with Crippen LogP contribution in [0.1, 0.15) is 24.0 Å². The number of thiol groups is 1. The van der Waals surface area contributed by atoms with Crippen LogP contribution in [0.4, 0.5) is 11.4 Å². The zero-order valence-corrected chi connectivity index (χ0v) is 36.7. The van der Waals surface area contributed by atoms with Gasteiger partial charge in [0, 0.05) is 55.1 Å². The summed E-state index contributed by atoms with van der Waals surface area (Å²) >= 11 is 4.10. The second-order valence-corrected chi connectivity index (χ2v) is 15.5. The number of nitrogens with one attached hydrogen (secondary N) is 1. The van der Waals surface area contributed by atoms with Crippen LogP contribution < -0.4 is 24.4 Å². The first kappa shape index (κ1) is 45.6. The van der Waals surface area contributed by atoms with Crippen LogP contribution >= 0.6 is 12.6 Å². The normalized spacial score (nSPS) is 19.5. The van der Waals surface area contributed by atoms with Crippen molar-refractivity contribution in [2.75, 3.05) is 97.5 Å². The summed E-state index contributed by atoms with van der Waals surface area (Å²) in [6.45, 7) is 5.01. The molecule has 3 aromatic rings. The van der Waals surface area contributed by atoms with Crippen molar-refractivity contribution in [3.63, 3.8) is 0 Å². The number of hydrogen-bond donors (Lipinski definition) is 2. The average molecular weight is 885 g/mol. The third-order valence-electron chi connectivity index (χ3n) is 10.9. The number of benzene rings is 3. The lowest BCUT2D eigenvalue weighted by atomic mass is 9.87. The monoisotopic (exact) mass is 884 g/mol. The molecule has 15 nitrogen and oxygen atoms in total. The molecule has 1 spiro atoms. The van der Waals surface area contributed by atoms with E-state index in [9.17, 15) is 9.59 Å². The van der Waals surface area contributed by atoms with Crippen LogP contribution in [0, 0.1) is 0 Å². The van der Waals surface area contributed by atoms with Gasteiger partial charge in [-0.15, -0.1) is 0 Å². The molecular weight excluding hydrogens is 829 g/mol. The lowest BCUT2D eigenvalue weighted by molar-refractivity contribution is -0.122.